The molecule has 5 nitrogen and oxygen atoms in total. The van der Waals surface area contributed by atoms with Gasteiger partial charge in [-0.25, -0.2) is 0 Å². The maximum Gasteiger partial charge on any atom is 0.173 e. The Hall–Kier alpha value is -1.75. The zero-order chi connectivity index (χ0) is 12.4. The van der Waals surface area contributed by atoms with Crippen LogP contribution in [0.1, 0.15) is 44.1 Å². The van der Waals surface area contributed by atoms with Gasteiger partial charge in [-0.15, -0.1) is 5.10 Å². The third kappa shape index (κ3) is 2.19. The van der Waals surface area contributed by atoms with Crippen LogP contribution in [0.2, 0.25) is 0 Å². The van der Waals surface area contributed by atoms with Crippen LogP contribution < -0.4 is 5.73 Å². The predicted octanol–water partition coefficient (Wildman–Crippen LogP) is 1.81. The number of rotatable bonds is 3. The molecule has 0 aliphatic rings. The van der Waals surface area contributed by atoms with Crippen molar-refractivity contribution in [1.29, 1.82) is 0 Å². The second-order valence-corrected chi connectivity index (χ2v) is 4.45. The minimum absolute atomic E-state index is 0.190. The average Bonchev–Trinajstić information content (AvgIpc) is 2.77. The van der Waals surface area contributed by atoms with Crippen molar-refractivity contribution < 1.29 is 0 Å². The van der Waals surface area contributed by atoms with Crippen LogP contribution in [0, 0.1) is 0 Å². The number of nitrogens with two attached hydrogens (primary N) is 1. The smallest absolute Gasteiger partial charge is 0.173 e. The lowest BCUT2D eigenvalue weighted by Gasteiger charge is -2.14. The summed E-state index contributed by atoms with van der Waals surface area (Å²) in [7, 11) is 0. The second kappa shape index (κ2) is 4.63. The van der Waals surface area contributed by atoms with Crippen LogP contribution in [0.4, 0.5) is 0 Å². The van der Waals surface area contributed by atoms with E-state index in [9.17, 15) is 0 Å². The van der Waals surface area contributed by atoms with Crippen LogP contribution in [0.3, 0.4) is 0 Å². The minimum Gasteiger partial charge on any atom is -0.321 e. The fourth-order valence-corrected chi connectivity index (χ4v) is 1.82. The van der Waals surface area contributed by atoms with Gasteiger partial charge in [0.25, 0.3) is 0 Å². The largest absolute Gasteiger partial charge is 0.321 e. The Balaban J connectivity index is 2.56. The highest BCUT2D eigenvalue weighted by molar-refractivity contribution is 5.42. The molecule has 0 saturated carbocycles. The van der Waals surface area contributed by atoms with E-state index < -0.39 is 0 Å². The van der Waals surface area contributed by atoms with E-state index in [1.54, 1.807) is 4.68 Å². The number of para-hydroxylation sites is 1. The first-order valence-electron chi connectivity index (χ1n) is 5.74. The van der Waals surface area contributed by atoms with Crippen molar-refractivity contribution in [2.75, 3.05) is 0 Å². The molecule has 0 bridgehead atoms. The van der Waals surface area contributed by atoms with Crippen molar-refractivity contribution in [3.8, 4) is 5.69 Å². The number of aromatic nitrogens is 4. The molecule has 1 heterocycles. The van der Waals surface area contributed by atoms with Crippen molar-refractivity contribution in [2.24, 2.45) is 5.73 Å². The second-order valence-electron chi connectivity index (χ2n) is 4.45. The van der Waals surface area contributed by atoms with Gasteiger partial charge in [-0.3, -0.25) is 0 Å². The number of benzene rings is 1. The Bertz CT molecular complexity index is 501. The van der Waals surface area contributed by atoms with Crippen LogP contribution in [-0.2, 0) is 0 Å². The molecular weight excluding hydrogens is 214 g/mol. The van der Waals surface area contributed by atoms with Crippen LogP contribution in [-0.4, -0.2) is 20.2 Å². The summed E-state index contributed by atoms with van der Waals surface area (Å²) >= 11 is 0. The molecule has 2 aromatic rings. The summed E-state index contributed by atoms with van der Waals surface area (Å²) < 4.78 is 1.72. The number of tetrazole rings is 1. The molecule has 90 valence electrons. The molecule has 1 aromatic heterocycles. The number of hydrogen-bond acceptors (Lipinski definition) is 4. The van der Waals surface area contributed by atoms with E-state index in [4.69, 9.17) is 5.73 Å². The van der Waals surface area contributed by atoms with Crippen LogP contribution in [0.5, 0.6) is 0 Å². The highest BCUT2D eigenvalue weighted by Crippen LogP contribution is 2.23. The first-order chi connectivity index (χ1) is 8.11. The van der Waals surface area contributed by atoms with Gasteiger partial charge in [-0.1, -0.05) is 32.0 Å². The molecule has 0 aliphatic heterocycles. The molecule has 5 heteroatoms. The third-order valence-corrected chi connectivity index (χ3v) is 2.69. The van der Waals surface area contributed by atoms with Crippen molar-refractivity contribution >= 4 is 0 Å². The summed E-state index contributed by atoms with van der Waals surface area (Å²) in [6, 6.07) is 7.91. The lowest BCUT2D eigenvalue weighted by atomic mass is 10.0. The fourth-order valence-electron chi connectivity index (χ4n) is 1.82. The van der Waals surface area contributed by atoms with E-state index in [1.807, 2.05) is 25.1 Å². The molecule has 2 N–H and O–H groups in total. The van der Waals surface area contributed by atoms with Gasteiger partial charge in [0, 0.05) is 0 Å². The van der Waals surface area contributed by atoms with Crippen molar-refractivity contribution in [3.05, 3.63) is 35.7 Å². The SMILES string of the molecule is CC(C)c1ccccc1-n1nnnc1C(C)N. The summed E-state index contributed by atoms with van der Waals surface area (Å²) in [5.74, 6) is 1.09. The van der Waals surface area contributed by atoms with Crippen molar-refractivity contribution in [2.45, 2.75) is 32.7 Å². The topological polar surface area (TPSA) is 69.6 Å². The lowest BCUT2D eigenvalue weighted by molar-refractivity contribution is 0.679. The van der Waals surface area contributed by atoms with E-state index in [1.165, 1.54) is 5.56 Å². The Morgan fingerprint density at radius 3 is 2.53 bits per heavy atom. The van der Waals surface area contributed by atoms with Crippen molar-refractivity contribution in [3.63, 3.8) is 0 Å². The lowest BCUT2D eigenvalue weighted by Crippen LogP contribution is -2.14. The van der Waals surface area contributed by atoms with Gasteiger partial charge in [0.1, 0.15) is 0 Å². The highest BCUT2D eigenvalue weighted by atomic mass is 15.5. The molecule has 0 saturated heterocycles. The van der Waals surface area contributed by atoms with Crippen LogP contribution in [0.15, 0.2) is 24.3 Å². The Kier molecular flexibility index (Phi) is 3.19. The molecule has 1 atom stereocenters. The summed E-state index contributed by atoms with van der Waals surface area (Å²) in [6.45, 7) is 6.17. The average molecular weight is 231 g/mol. The molecule has 0 aliphatic carbocycles. The highest BCUT2D eigenvalue weighted by Gasteiger charge is 2.15. The van der Waals surface area contributed by atoms with Gasteiger partial charge in [-0.05, 0) is 34.9 Å². The molecule has 0 spiro atoms. The minimum atomic E-state index is -0.190. The molecule has 0 amide bonds. The third-order valence-electron chi connectivity index (χ3n) is 2.69. The molecule has 0 fully saturated rings. The molecule has 0 radical (unpaired) electrons. The van der Waals surface area contributed by atoms with E-state index in [2.05, 4.69) is 35.4 Å². The Morgan fingerprint density at radius 2 is 1.88 bits per heavy atom. The van der Waals surface area contributed by atoms with Crippen molar-refractivity contribution in [1.82, 2.24) is 20.2 Å². The maximum absolute atomic E-state index is 5.86. The van der Waals surface area contributed by atoms with Gasteiger partial charge in [0.05, 0.1) is 11.7 Å². The van der Waals surface area contributed by atoms with E-state index in [0.717, 1.165) is 5.69 Å². The molecule has 1 aromatic carbocycles. The normalized spacial score (nSPS) is 13.0. The molecule has 2 rings (SSSR count). The summed E-state index contributed by atoms with van der Waals surface area (Å²) in [5, 5.41) is 11.7. The first kappa shape index (κ1) is 11.7. The van der Waals surface area contributed by atoms with Gasteiger partial charge < -0.3 is 5.73 Å². The molecule has 17 heavy (non-hydrogen) atoms. The fraction of sp³-hybridized carbons (Fsp3) is 0.417. The van der Waals surface area contributed by atoms with E-state index in [0.29, 0.717) is 11.7 Å². The monoisotopic (exact) mass is 231 g/mol. The number of nitrogens with zero attached hydrogens (tertiary/aromatic N) is 4. The standard InChI is InChI=1S/C12H17N5/c1-8(2)10-6-4-5-7-11(10)17-12(9(3)13)14-15-16-17/h4-9H,13H2,1-3H3. The predicted molar refractivity (Wildman–Crippen MR) is 65.8 cm³/mol. The molecular formula is C12H17N5. The maximum atomic E-state index is 5.86. The van der Waals surface area contributed by atoms with Gasteiger partial charge in [0.2, 0.25) is 0 Å². The van der Waals surface area contributed by atoms with Gasteiger partial charge >= 0.3 is 0 Å². The zero-order valence-corrected chi connectivity index (χ0v) is 10.3. The first-order valence-corrected chi connectivity index (χ1v) is 5.74. The summed E-state index contributed by atoms with van der Waals surface area (Å²) in [6.07, 6.45) is 0. The summed E-state index contributed by atoms with van der Waals surface area (Å²) in [4.78, 5) is 0. The van der Waals surface area contributed by atoms with E-state index >= 15 is 0 Å². The van der Waals surface area contributed by atoms with Crippen LogP contribution in [0.25, 0.3) is 5.69 Å². The summed E-state index contributed by atoms with van der Waals surface area (Å²) in [5.41, 5.74) is 8.07. The Labute approximate surface area is 101 Å². The van der Waals surface area contributed by atoms with Gasteiger partial charge in [-0.2, -0.15) is 4.68 Å². The van der Waals surface area contributed by atoms with Gasteiger partial charge in [0.15, 0.2) is 5.82 Å². The number of hydrogen-bond donors (Lipinski definition) is 1. The quantitative estimate of drug-likeness (QED) is 0.874. The van der Waals surface area contributed by atoms with E-state index in [-0.39, 0.29) is 6.04 Å². The Morgan fingerprint density at radius 1 is 1.18 bits per heavy atom. The van der Waals surface area contributed by atoms with Crippen LogP contribution >= 0.6 is 0 Å². The zero-order valence-electron chi connectivity index (χ0n) is 10.3. The molecule has 1 unspecified atom stereocenters.